The van der Waals surface area contributed by atoms with Crippen molar-refractivity contribution in [2.24, 2.45) is 10.9 Å². The van der Waals surface area contributed by atoms with Gasteiger partial charge in [-0.25, -0.2) is 13.1 Å². The van der Waals surface area contributed by atoms with Crippen LogP contribution in [-0.2, 0) is 16.4 Å². The molecule has 0 radical (unpaired) electrons. The fraction of sp³-hybridized carbons (Fsp3) is 0.550. The van der Waals surface area contributed by atoms with Crippen LogP contribution in [0.5, 0.6) is 0 Å². The molecule has 1 aliphatic carbocycles. The topological polar surface area (TPSA) is 98.4 Å². The second-order valence-corrected chi connectivity index (χ2v) is 9.34. The molecule has 0 bridgehead atoms. The summed E-state index contributed by atoms with van der Waals surface area (Å²) in [6.45, 7) is 3.70. The van der Waals surface area contributed by atoms with Crippen molar-refractivity contribution in [3.63, 3.8) is 0 Å². The third-order valence-corrected chi connectivity index (χ3v) is 6.75. The first kappa shape index (κ1) is 23.9. The second kappa shape index (κ2) is 11.2. The number of aliphatic imine (C=N–C) groups is 1. The molecule has 3 rings (SSSR count). The van der Waals surface area contributed by atoms with Crippen LogP contribution >= 0.6 is 24.0 Å². The lowest BCUT2D eigenvalue weighted by atomic mass is 9.86. The van der Waals surface area contributed by atoms with Gasteiger partial charge in [0.1, 0.15) is 0 Å². The monoisotopic (exact) mass is 533 g/mol. The smallest absolute Gasteiger partial charge is 0.213 e. The fourth-order valence-electron chi connectivity index (χ4n) is 3.50. The number of hydrogen-bond donors (Lipinski definition) is 4. The van der Waals surface area contributed by atoms with Crippen LogP contribution in [0, 0.1) is 12.8 Å². The number of aryl methyl sites for hydroxylation is 1. The zero-order chi connectivity index (χ0) is 20.0. The molecular weight excluding hydrogens is 501 g/mol. The Kier molecular flexibility index (Phi) is 9.22. The minimum atomic E-state index is -3.24. The molecule has 1 saturated carbocycles. The van der Waals surface area contributed by atoms with Crippen molar-refractivity contribution in [2.75, 3.05) is 32.4 Å². The maximum atomic E-state index is 12.1. The summed E-state index contributed by atoms with van der Waals surface area (Å²) in [7, 11) is -1.55. The van der Waals surface area contributed by atoms with Crippen LogP contribution in [0.15, 0.2) is 29.3 Å². The van der Waals surface area contributed by atoms with E-state index in [0.717, 1.165) is 31.3 Å². The summed E-state index contributed by atoms with van der Waals surface area (Å²) in [5, 5.41) is 7.59. The molecule has 162 valence electrons. The van der Waals surface area contributed by atoms with E-state index < -0.39 is 10.0 Å². The normalized spacial score (nSPS) is 15.0. The molecule has 0 atom stereocenters. The zero-order valence-corrected chi connectivity index (χ0v) is 20.3. The molecule has 1 fully saturated rings. The molecule has 0 amide bonds. The van der Waals surface area contributed by atoms with Crippen molar-refractivity contribution in [3.05, 3.63) is 35.5 Å². The van der Waals surface area contributed by atoms with E-state index in [-0.39, 0.29) is 29.7 Å². The van der Waals surface area contributed by atoms with E-state index in [9.17, 15) is 8.42 Å². The summed E-state index contributed by atoms with van der Waals surface area (Å²) in [6, 6.07) is 8.29. The van der Waals surface area contributed by atoms with Gasteiger partial charge in [0.15, 0.2) is 5.96 Å². The lowest BCUT2D eigenvalue weighted by Gasteiger charge is -2.25. The Morgan fingerprint density at radius 1 is 1.21 bits per heavy atom. The number of halogens is 1. The van der Waals surface area contributed by atoms with Gasteiger partial charge in [0, 0.05) is 43.3 Å². The quantitative estimate of drug-likeness (QED) is 0.226. The van der Waals surface area contributed by atoms with Gasteiger partial charge < -0.3 is 15.6 Å². The van der Waals surface area contributed by atoms with Crippen molar-refractivity contribution in [2.45, 2.75) is 32.6 Å². The predicted octanol–water partition coefficient (Wildman–Crippen LogP) is 2.52. The minimum Gasteiger partial charge on any atom is -0.358 e. The van der Waals surface area contributed by atoms with Gasteiger partial charge >= 0.3 is 0 Å². The number of benzene rings is 1. The highest BCUT2D eigenvalue weighted by molar-refractivity contribution is 14.0. The van der Waals surface area contributed by atoms with Gasteiger partial charge in [-0.2, -0.15) is 0 Å². The molecule has 0 saturated heterocycles. The first-order valence-electron chi connectivity index (χ1n) is 9.96. The van der Waals surface area contributed by atoms with Gasteiger partial charge in [-0.05, 0) is 43.7 Å². The van der Waals surface area contributed by atoms with Crippen LogP contribution in [0.3, 0.4) is 0 Å². The molecule has 1 aromatic heterocycles. The summed E-state index contributed by atoms with van der Waals surface area (Å²) >= 11 is 0. The van der Waals surface area contributed by atoms with Crippen LogP contribution < -0.4 is 15.4 Å². The van der Waals surface area contributed by atoms with Crippen LogP contribution in [-0.4, -0.2) is 51.8 Å². The molecule has 4 N–H and O–H groups in total. The Morgan fingerprint density at radius 3 is 2.62 bits per heavy atom. The zero-order valence-electron chi connectivity index (χ0n) is 17.1. The Morgan fingerprint density at radius 2 is 1.93 bits per heavy atom. The highest BCUT2D eigenvalue weighted by atomic mass is 127. The molecule has 9 heteroatoms. The van der Waals surface area contributed by atoms with E-state index in [1.54, 1.807) is 7.05 Å². The standard InChI is InChI=1S/C20H31N5O2S.HI/c1-15-17(18-8-3-4-9-19(18)25-15)10-11-22-20(21-2)23-12-13-28(26,27)24-14-16-6-5-7-16;/h3-4,8-9,16,24-25H,5-7,10-14H2,1-2H3,(H2,21,22,23);1H. The molecule has 2 aromatic rings. The largest absolute Gasteiger partial charge is 0.358 e. The highest BCUT2D eigenvalue weighted by Gasteiger charge is 2.20. The van der Waals surface area contributed by atoms with E-state index >= 15 is 0 Å². The molecule has 1 aromatic carbocycles. The molecular formula is C20H32IN5O2S. The van der Waals surface area contributed by atoms with E-state index in [1.165, 1.54) is 23.1 Å². The molecule has 29 heavy (non-hydrogen) atoms. The van der Waals surface area contributed by atoms with Gasteiger partial charge in [-0.1, -0.05) is 24.6 Å². The van der Waals surface area contributed by atoms with Crippen molar-refractivity contribution in [1.82, 2.24) is 20.3 Å². The van der Waals surface area contributed by atoms with Gasteiger partial charge in [-0.3, -0.25) is 4.99 Å². The lowest BCUT2D eigenvalue weighted by Crippen LogP contribution is -2.42. The van der Waals surface area contributed by atoms with E-state index in [1.807, 2.05) is 12.1 Å². The Hall–Kier alpha value is -1.33. The van der Waals surface area contributed by atoms with E-state index in [0.29, 0.717) is 25.0 Å². The number of fused-ring (bicyclic) bond motifs is 1. The maximum absolute atomic E-state index is 12.1. The predicted molar refractivity (Wildman–Crippen MR) is 131 cm³/mol. The summed E-state index contributed by atoms with van der Waals surface area (Å²) in [5.74, 6) is 1.18. The van der Waals surface area contributed by atoms with Crippen LogP contribution in [0.1, 0.15) is 30.5 Å². The summed E-state index contributed by atoms with van der Waals surface area (Å²) in [5.41, 5.74) is 3.62. The third kappa shape index (κ3) is 6.85. The first-order valence-corrected chi connectivity index (χ1v) is 11.6. The SMILES string of the molecule is CN=C(NCCc1c(C)[nH]c2ccccc12)NCCS(=O)(=O)NCC1CCC1.I. The molecule has 1 heterocycles. The average Bonchev–Trinajstić information content (AvgIpc) is 2.94. The summed E-state index contributed by atoms with van der Waals surface area (Å²) in [4.78, 5) is 7.59. The number of para-hydroxylation sites is 1. The van der Waals surface area contributed by atoms with Crippen molar-refractivity contribution in [3.8, 4) is 0 Å². The fourth-order valence-corrected chi connectivity index (χ4v) is 4.51. The first-order chi connectivity index (χ1) is 13.5. The maximum Gasteiger partial charge on any atom is 0.213 e. The van der Waals surface area contributed by atoms with E-state index in [2.05, 4.69) is 44.4 Å². The number of guanidine groups is 1. The number of aromatic amines is 1. The van der Waals surface area contributed by atoms with Gasteiger partial charge in [-0.15, -0.1) is 24.0 Å². The minimum absolute atomic E-state index is 0. The average molecular weight is 533 g/mol. The number of H-pyrrole nitrogens is 1. The summed E-state index contributed by atoms with van der Waals surface area (Å²) in [6.07, 6.45) is 4.34. The third-order valence-electron chi connectivity index (χ3n) is 5.40. The Balaban J connectivity index is 0.00000300. The second-order valence-electron chi connectivity index (χ2n) is 7.41. The number of aromatic nitrogens is 1. The number of nitrogens with one attached hydrogen (secondary N) is 4. The highest BCUT2D eigenvalue weighted by Crippen LogP contribution is 2.25. The molecule has 0 aliphatic heterocycles. The van der Waals surface area contributed by atoms with E-state index in [4.69, 9.17) is 0 Å². The Bertz CT molecular complexity index is 922. The molecule has 0 unspecified atom stereocenters. The molecule has 1 aliphatic rings. The van der Waals surface area contributed by atoms with Gasteiger partial charge in [0.05, 0.1) is 5.75 Å². The lowest BCUT2D eigenvalue weighted by molar-refractivity contribution is 0.316. The number of rotatable bonds is 9. The van der Waals surface area contributed by atoms with Crippen LogP contribution in [0.2, 0.25) is 0 Å². The van der Waals surface area contributed by atoms with Crippen molar-refractivity contribution < 1.29 is 8.42 Å². The Labute approximate surface area is 190 Å². The number of hydrogen-bond acceptors (Lipinski definition) is 3. The van der Waals surface area contributed by atoms with Crippen molar-refractivity contribution >= 4 is 50.9 Å². The molecule has 7 nitrogen and oxygen atoms in total. The number of sulfonamides is 1. The molecule has 0 spiro atoms. The van der Waals surface area contributed by atoms with Crippen molar-refractivity contribution in [1.29, 1.82) is 0 Å². The van der Waals surface area contributed by atoms with Crippen LogP contribution in [0.25, 0.3) is 10.9 Å². The van der Waals surface area contributed by atoms with Crippen LogP contribution in [0.4, 0.5) is 0 Å². The number of nitrogens with zero attached hydrogens (tertiary/aromatic N) is 1. The van der Waals surface area contributed by atoms with Gasteiger partial charge in [0.25, 0.3) is 0 Å². The summed E-state index contributed by atoms with van der Waals surface area (Å²) < 4.78 is 26.8. The van der Waals surface area contributed by atoms with Gasteiger partial charge in [0.2, 0.25) is 10.0 Å².